The van der Waals surface area contributed by atoms with E-state index in [0.717, 1.165) is 89.5 Å². The lowest BCUT2D eigenvalue weighted by Crippen LogP contribution is -1.91. The van der Waals surface area contributed by atoms with E-state index in [9.17, 15) is 0 Å². The minimum absolute atomic E-state index is 0.731. The van der Waals surface area contributed by atoms with Crippen LogP contribution in [0.15, 0.2) is 120 Å². The molecule has 0 fully saturated rings. The molecule has 0 saturated carbocycles. The number of fused-ring (bicyclic) bond motifs is 9. The summed E-state index contributed by atoms with van der Waals surface area (Å²) in [5.74, 6) is 1.47. The Morgan fingerprint density at radius 3 is 1.78 bits per heavy atom. The van der Waals surface area contributed by atoms with Gasteiger partial charge < -0.3 is 23.9 Å². The van der Waals surface area contributed by atoms with Gasteiger partial charge in [0, 0.05) is 27.7 Å². The molecule has 3 aromatic carbocycles. The number of furan rings is 1. The normalized spacial score (nSPS) is 11.7. The van der Waals surface area contributed by atoms with Gasteiger partial charge in [-0.05, 0) is 77.9 Å². The van der Waals surface area contributed by atoms with Crippen molar-refractivity contribution in [1.82, 2.24) is 15.0 Å². The molecule has 0 atom stereocenters. The Labute approximate surface area is 259 Å². The van der Waals surface area contributed by atoms with Gasteiger partial charge in [-0.3, -0.25) is 0 Å². The highest BCUT2D eigenvalue weighted by molar-refractivity contribution is 6.00. The van der Waals surface area contributed by atoms with Crippen LogP contribution in [-0.4, -0.2) is 29.2 Å². The van der Waals surface area contributed by atoms with E-state index in [4.69, 9.17) is 18.9 Å². The molecule has 7 aromatic rings. The first-order valence-corrected chi connectivity index (χ1v) is 14.8. The highest BCUT2D eigenvalue weighted by Gasteiger charge is 2.17. The fraction of sp³-hybridized carbons (Fsp3) is 0.0513. The van der Waals surface area contributed by atoms with E-state index in [1.165, 1.54) is 0 Å². The van der Waals surface area contributed by atoms with Crippen molar-refractivity contribution in [2.75, 3.05) is 14.2 Å². The summed E-state index contributed by atoms with van der Waals surface area (Å²) in [7, 11) is 3.36. The number of ether oxygens (including phenoxy) is 2. The minimum Gasteiger partial charge on any atom is -0.497 e. The smallest absolute Gasteiger partial charge is 0.137 e. The molecular formula is C39H29N3O3. The molecule has 6 heteroatoms. The Hall–Kier alpha value is -6.01. The SMILES string of the molecule is COc1ccc(OC)c(-c2c3ccc([nH]3)c3nc(c(-c4ccccc4)c4ccc(o4)c(-c4ccccc4)c4ccc2[nH]4)C=C3)c1. The first-order valence-electron chi connectivity index (χ1n) is 14.8. The van der Waals surface area contributed by atoms with Crippen LogP contribution in [0.3, 0.4) is 0 Å². The number of H-pyrrole nitrogens is 2. The molecule has 0 aliphatic carbocycles. The topological polar surface area (TPSA) is 76.1 Å². The van der Waals surface area contributed by atoms with Gasteiger partial charge in [-0.1, -0.05) is 60.7 Å². The maximum absolute atomic E-state index is 6.75. The Balaban J connectivity index is 1.57. The van der Waals surface area contributed by atoms with E-state index in [0.29, 0.717) is 0 Å². The number of benzene rings is 3. The zero-order valence-electron chi connectivity index (χ0n) is 24.8. The molecule has 8 rings (SSSR count). The first kappa shape index (κ1) is 26.6. The molecule has 1 aliphatic heterocycles. The lowest BCUT2D eigenvalue weighted by Gasteiger charge is -2.11. The fourth-order valence-corrected chi connectivity index (χ4v) is 6.14. The molecule has 45 heavy (non-hydrogen) atoms. The largest absolute Gasteiger partial charge is 0.497 e. The molecule has 1 aliphatic rings. The highest BCUT2D eigenvalue weighted by atomic mass is 16.5. The van der Waals surface area contributed by atoms with E-state index in [1.54, 1.807) is 14.2 Å². The molecule has 2 N–H and O–H groups in total. The Morgan fingerprint density at radius 2 is 1.11 bits per heavy atom. The van der Waals surface area contributed by atoms with E-state index in [2.05, 4.69) is 64.6 Å². The van der Waals surface area contributed by atoms with Crippen LogP contribution in [0.2, 0.25) is 0 Å². The van der Waals surface area contributed by atoms with Crippen molar-refractivity contribution in [1.29, 1.82) is 0 Å². The second kappa shape index (κ2) is 10.9. The number of nitrogens with one attached hydrogen (secondary N) is 2. The fourth-order valence-electron chi connectivity index (χ4n) is 6.14. The second-order valence-electron chi connectivity index (χ2n) is 10.9. The van der Waals surface area contributed by atoms with Gasteiger partial charge in [-0.15, -0.1) is 0 Å². The van der Waals surface area contributed by atoms with Crippen LogP contribution in [0, 0.1) is 0 Å². The second-order valence-corrected chi connectivity index (χ2v) is 10.9. The Bertz CT molecular complexity index is 2340. The molecule has 0 spiro atoms. The van der Waals surface area contributed by atoms with Gasteiger partial charge in [0.1, 0.15) is 22.7 Å². The van der Waals surface area contributed by atoms with Gasteiger partial charge in [0.25, 0.3) is 0 Å². The Kier molecular flexibility index (Phi) is 6.46. The van der Waals surface area contributed by atoms with E-state index in [1.807, 2.05) is 72.8 Å². The summed E-state index contributed by atoms with van der Waals surface area (Å²) >= 11 is 0. The average molecular weight is 588 g/mol. The molecule has 218 valence electrons. The van der Waals surface area contributed by atoms with Crippen LogP contribution in [0.5, 0.6) is 11.5 Å². The summed E-state index contributed by atoms with van der Waals surface area (Å²) < 4.78 is 18.3. The quantitative estimate of drug-likeness (QED) is 0.210. The van der Waals surface area contributed by atoms with Gasteiger partial charge in [-0.25, -0.2) is 4.98 Å². The number of aromatic amines is 2. The molecule has 0 unspecified atom stereocenters. The zero-order valence-corrected chi connectivity index (χ0v) is 24.8. The number of hydrogen-bond acceptors (Lipinski definition) is 4. The Morgan fingerprint density at radius 1 is 0.533 bits per heavy atom. The van der Waals surface area contributed by atoms with Crippen LogP contribution in [0.25, 0.3) is 78.8 Å². The molecule has 0 radical (unpaired) electrons. The minimum atomic E-state index is 0.731. The van der Waals surface area contributed by atoms with Crippen molar-refractivity contribution in [2.45, 2.75) is 0 Å². The van der Waals surface area contributed by atoms with Gasteiger partial charge in [0.15, 0.2) is 0 Å². The van der Waals surface area contributed by atoms with Gasteiger partial charge in [0.2, 0.25) is 0 Å². The van der Waals surface area contributed by atoms with Crippen molar-refractivity contribution in [3.8, 4) is 44.9 Å². The number of methoxy groups -OCH3 is 2. The number of rotatable bonds is 5. The summed E-state index contributed by atoms with van der Waals surface area (Å²) in [6.07, 6.45) is 4.10. The lowest BCUT2D eigenvalue weighted by atomic mass is 10.0. The number of hydrogen-bond donors (Lipinski definition) is 2. The van der Waals surface area contributed by atoms with Crippen molar-refractivity contribution in [2.24, 2.45) is 0 Å². The van der Waals surface area contributed by atoms with Gasteiger partial charge in [-0.2, -0.15) is 0 Å². The maximum atomic E-state index is 6.75. The van der Waals surface area contributed by atoms with E-state index >= 15 is 0 Å². The summed E-state index contributed by atoms with van der Waals surface area (Å²) in [6.45, 7) is 0. The standard InChI is InChI=1S/C39H29N3O3/c1-43-26-13-20-34(44-2)27(23-26)39-32-17-15-29(41-32)28-14-16-30(40-28)37(24-9-5-3-6-10-24)35-21-22-36(45-35)38(25-11-7-4-8-12-25)31-18-19-33(39)42-31/h3-23,41-42H,1-2H3. The molecular weight excluding hydrogens is 558 g/mol. The van der Waals surface area contributed by atoms with Crippen LogP contribution in [0.4, 0.5) is 0 Å². The summed E-state index contributed by atoms with van der Waals surface area (Å²) in [5, 5.41) is 0. The monoisotopic (exact) mass is 587 g/mol. The van der Waals surface area contributed by atoms with Crippen molar-refractivity contribution >= 4 is 45.4 Å². The number of nitrogens with zero attached hydrogens (tertiary/aromatic N) is 1. The van der Waals surface area contributed by atoms with Gasteiger partial charge in [0.05, 0.1) is 42.2 Å². The van der Waals surface area contributed by atoms with Crippen molar-refractivity contribution < 1.29 is 13.9 Å². The molecule has 5 heterocycles. The predicted octanol–water partition coefficient (Wildman–Crippen LogP) is 9.98. The summed E-state index contributed by atoms with van der Waals surface area (Å²) in [6, 6.07) is 38.9. The first-order chi connectivity index (χ1) is 22.2. The molecule has 0 amide bonds. The third kappa shape index (κ3) is 4.64. The number of aromatic nitrogens is 3. The van der Waals surface area contributed by atoms with E-state index < -0.39 is 0 Å². The highest BCUT2D eigenvalue weighted by Crippen LogP contribution is 2.40. The van der Waals surface area contributed by atoms with Crippen LogP contribution < -0.4 is 9.47 Å². The summed E-state index contributed by atoms with van der Waals surface area (Å²) in [4.78, 5) is 12.5. The maximum Gasteiger partial charge on any atom is 0.137 e. The zero-order chi connectivity index (χ0) is 30.3. The molecule has 4 aromatic heterocycles. The van der Waals surface area contributed by atoms with Crippen molar-refractivity contribution in [3.63, 3.8) is 0 Å². The third-order valence-corrected chi connectivity index (χ3v) is 8.25. The third-order valence-electron chi connectivity index (χ3n) is 8.25. The van der Waals surface area contributed by atoms with Gasteiger partial charge >= 0.3 is 0 Å². The molecule has 0 saturated heterocycles. The van der Waals surface area contributed by atoms with Crippen LogP contribution in [-0.2, 0) is 0 Å². The van der Waals surface area contributed by atoms with Crippen molar-refractivity contribution in [3.05, 3.63) is 127 Å². The van der Waals surface area contributed by atoms with Crippen LogP contribution in [0.1, 0.15) is 11.4 Å². The van der Waals surface area contributed by atoms with E-state index in [-0.39, 0.29) is 0 Å². The van der Waals surface area contributed by atoms with Crippen LogP contribution >= 0.6 is 0 Å². The molecule has 6 nitrogen and oxygen atoms in total. The predicted molar refractivity (Wildman–Crippen MR) is 183 cm³/mol. The molecule has 8 bridgehead atoms. The lowest BCUT2D eigenvalue weighted by molar-refractivity contribution is 0.404. The average Bonchev–Trinajstić information content (AvgIpc) is 3.91. The summed E-state index contributed by atoms with van der Waals surface area (Å²) in [5.41, 5.74) is 12.6.